The average molecular weight is 307 g/mol. The van der Waals surface area contributed by atoms with Crippen LogP contribution in [-0.2, 0) is 14.3 Å². The van der Waals surface area contributed by atoms with E-state index in [1.54, 1.807) is 11.9 Å². The molecule has 0 aliphatic heterocycles. The zero-order valence-corrected chi connectivity index (χ0v) is 13.8. The van der Waals surface area contributed by atoms with Gasteiger partial charge >= 0.3 is 5.97 Å². The molecule has 122 valence electrons. The average Bonchev–Trinajstić information content (AvgIpc) is 2.52. The van der Waals surface area contributed by atoms with Crippen molar-refractivity contribution in [3.8, 4) is 5.75 Å². The van der Waals surface area contributed by atoms with E-state index < -0.39 is 0 Å². The summed E-state index contributed by atoms with van der Waals surface area (Å²) < 4.78 is 10.0. The van der Waals surface area contributed by atoms with Gasteiger partial charge in [0, 0.05) is 20.0 Å². The van der Waals surface area contributed by atoms with E-state index in [1.807, 2.05) is 24.3 Å². The lowest BCUT2D eigenvalue weighted by Gasteiger charge is -2.17. The summed E-state index contributed by atoms with van der Waals surface area (Å²) in [6.07, 6.45) is 0.893. The SMILES string of the molecule is COC(=O)CCCN(C)C(=O)COc1ccc(C(C)C)cc1. The fourth-order valence-corrected chi connectivity index (χ4v) is 1.89. The molecule has 0 aliphatic carbocycles. The molecule has 0 radical (unpaired) electrons. The smallest absolute Gasteiger partial charge is 0.305 e. The van der Waals surface area contributed by atoms with Gasteiger partial charge in [0.15, 0.2) is 6.61 Å². The molecule has 1 aromatic carbocycles. The minimum atomic E-state index is -0.262. The van der Waals surface area contributed by atoms with E-state index in [2.05, 4.69) is 18.6 Å². The molecule has 0 heterocycles. The first-order valence-electron chi connectivity index (χ1n) is 7.47. The van der Waals surface area contributed by atoms with Crippen molar-refractivity contribution in [1.29, 1.82) is 0 Å². The number of amides is 1. The molecule has 22 heavy (non-hydrogen) atoms. The molecule has 5 heteroatoms. The van der Waals surface area contributed by atoms with E-state index in [9.17, 15) is 9.59 Å². The van der Waals surface area contributed by atoms with Gasteiger partial charge in [-0.25, -0.2) is 0 Å². The van der Waals surface area contributed by atoms with Crippen LogP contribution in [0.2, 0.25) is 0 Å². The largest absolute Gasteiger partial charge is 0.484 e. The first-order chi connectivity index (χ1) is 10.4. The normalized spacial score (nSPS) is 10.4. The zero-order chi connectivity index (χ0) is 16.5. The van der Waals surface area contributed by atoms with E-state index in [1.165, 1.54) is 12.7 Å². The third kappa shape index (κ3) is 6.16. The second-order valence-electron chi connectivity index (χ2n) is 5.51. The summed E-state index contributed by atoms with van der Waals surface area (Å²) in [6, 6.07) is 7.76. The fraction of sp³-hybridized carbons (Fsp3) is 0.529. The standard InChI is InChI=1S/C17H25NO4/c1-13(2)14-7-9-15(10-8-14)22-12-16(19)18(3)11-5-6-17(20)21-4/h7-10,13H,5-6,11-12H2,1-4H3. The molecule has 0 bridgehead atoms. The van der Waals surface area contributed by atoms with Crippen molar-refractivity contribution in [2.45, 2.75) is 32.6 Å². The van der Waals surface area contributed by atoms with Crippen LogP contribution in [0, 0.1) is 0 Å². The highest BCUT2D eigenvalue weighted by molar-refractivity contribution is 5.77. The Labute approximate surface area is 132 Å². The van der Waals surface area contributed by atoms with Crippen LogP contribution in [0.3, 0.4) is 0 Å². The van der Waals surface area contributed by atoms with Crippen LogP contribution in [0.4, 0.5) is 0 Å². The summed E-state index contributed by atoms with van der Waals surface area (Å²) in [5, 5.41) is 0. The van der Waals surface area contributed by atoms with E-state index in [0.717, 1.165) is 0 Å². The lowest BCUT2D eigenvalue weighted by Crippen LogP contribution is -2.32. The predicted molar refractivity (Wildman–Crippen MR) is 84.9 cm³/mol. The zero-order valence-electron chi connectivity index (χ0n) is 13.8. The molecule has 0 saturated carbocycles. The first-order valence-corrected chi connectivity index (χ1v) is 7.47. The molecule has 0 fully saturated rings. The molecule has 1 aromatic rings. The van der Waals surface area contributed by atoms with Gasteiger partial charge in [0.05, 0.1) is 7.11 Å². The lowest BCUT2D eigenvalue weighted by molar-refractivity contribution is -0.141. The number of hydrogen-bond donors (Lipinski definition) is 0. The summed E-state index contributed by atoms with van der Waals surface area (Å²) in [5.74, 6) is 0.775. The molecule has 0 atom stereocenters. The molecule has 0 saturated heterocycles. The number of likely N-dealkylation sites (N-methyl/N-ethyl adjacent to an activating group) is 1. The number of hydrogen-bond acceptors (Lipinski definition) is 4. The van der Waals surface area contributed by atoms with E-state index >= 15 is 0 Å². The van der Waals surface area contributed by atoms with Gasteiger partial charge in [-0.05, 0) is 30.0 Å². The molecule has 0 N–H and O–H groups in total. The van der Waals surface area contributed by atoms with Crippen molar-refractivity contribution >= 4 is 11.9 Å². The second-order valence-corrected chi connectivity index (χ2v) is 5.51. The molecule has 0 unspecified atom stereocenters. The Morgan fingerprint density at radius 2 is 1.82 bits per heavy atom. The predicted octanol–water partition coefficient (Wildman–Crippen LogP) is 2.60. The van der Waals surface area contributed by atoms with Gasteiger partial charge in [-0.3, -0.25) is 9.59 Å². The summed E-state index contributed by atoms with van der Waals surface area (Å²) in [7, 11) is 3.06. The van der Waals surface area contributed by atoms with E-state index in [0.29, 0.717) is 31.1 Å². The third-order valence-electron chi connectivity index (χ3n) is 3.44. The van der Waals surface area contributed by atoms with E-state index in [-0.39, 0.29) is 18.5 Å². The van der Waals surface area contributed by atoms with Crippen LogP contribution in [0.15, 0.2) is 24.3 Å². The third-order valence-corrected chi connectivity index (χ3v) is 3.44. The van der Waals surface area contributed by atoms with E-state index in [4.69, 9.17) is 4.74 Å². The maximum Gasteiger partial charge on any atom is 0.305 e. The number of carbonyl (C=O) groups excluding carboxylic acids is 2. The second kappa shape index (κ2) is 9.07. The van der Waals surface area contributed by atoms with Gasteiger partial charge in [-0.2, -0.15) is 0 Å². The first kappa shape index (κ1) is 18.0. The topological polar surface area (TPSA) is 55.8 Å². The van der Waals surface area contributed by atoms with Crippen LogP contribution in [0.25, 0.3) is 0 Å². The van der Waals surface area contributed by atoms with Gasteiger partial charge in [0.1, 0.15) is 5.75 Å². The van der Waals surface area contributed by atoms with Crippen LogP contribution in [0.1, 0.15) is 38.2 Å². The van der Waals surface area contributed by atoms with Gasteiger partial charge in [0.2, 0.25) is 0 Å². The Morgan fingerprint density at radius 3 is 2.36 bits per heavy atom. The minimum absolute atomic E-state index is 0.00422. The van der Waals surface area contributed by atoms with Crippen molar-refractivity contribution in [2.75, 3.05) is 27.3 Å². The maximum absolute atomic E-state index is 11.9. The van der Waals surface area contributed by atoms with Gasteiger partial charge in [-0.1, -0.05) is 26.0 Å². The summed E-state index contributed by atoms with van der Waals surface area (Å²) >= 11 is 0. The number of methoxy groups -OCH3 is 1. The molecule has 1 amide bonds. The number of esters is 1. The van der Waals surface area contributed by atoms with Crippen LogP contribution in [0.5, 0.6) is 5.75 Å². The summed E-state index contributed by atoms with van der Waals surface area (Å²) in [4.78, 5) is 24.5. The van der Waals surface area contributed by atoms with Crippen LogP contribution in [-0.4, -0.2) is 44.1 Å². The lowest BCUT2D eigenvalue weighted by atomic mass is 10.0. The number of ether oxygens (including phenoxy) is 2. The van der Waals surface area contributed by atoms with Crippen molar-refractivity contribution in [3.05, 3.63) is 29.8 Å². The Balaban J connectivity index is 2.33. The molecule has 0 aromatic heterocycles. The highest BCUT2D eigenvalue weighted by Crippen LogP contribution is 2.18. The highest BCUT2D eigenvalue weighted by atomic mass is 16.5. The summed E-state index contributed by atoms with van der Waals surface area (Å²) in [6.45, 7) is 4.75. The van der Waals surface area contributed by atoms with Crippen molar-refractivity contribution < 1.29 is 19.1 Å². The Morgan fingerprint density at radius 1 is 1.18 bits per heavy atom. The van der Waals surface area contributed by atoms with Crippen molar-refractivity contribution in [1.82, 2.24) is 4.90 Å². The Kier molecular flexibility index (Phi) is 7.43. The summed E-state index contributed by atoms with van der Waals surface area (Å²) in [5.41, 5.74) is 1.23. The molecular formula is C17H25NO4. The van der Waals surface area contributed by atoms with Crippen molar-refractivity contribution in [3.63, 3.8) is 0 Å². The van der Waals surface area contributed by atoms with Gasteiger partial charge in [-0.15, -0.1) is 0 Å². The number of carbonyl (C=O) groups is 2. The molecule has 1 rings (SSSR count). The van der Waals surface area contributed by atoms with Crippen LogP contribution < -0.4 is 4.74 Å². The number of benzene rings is 1. The Bertz CT molecular complexity index is 482. The fourth-order valence-electron chi connectivity index (χ4n) is 1.89. The number of nitrogens with zero attached hydrogens (tertiary/aromatic N) is 1. The highest BCUT2D eigenvalue weighted by Gasteiger charge is 2.10. The Hall–Kier alpha value is -2.04. The number of rotatable bonds is 8. The molecule has 0 aliphatic rings. The van der Waals surface area contributed by atoms with Gasteiger partial charge < -0.3 is 14.4 Å². The van der Waals surface area contributed by atoms with Crippen LogP contribution >= 0.6 is 0 Å². The quantitative estimate of drug-likeness (QED) is 0.693. The van der Waals surface area contributed by atoms with Gasteiger partial charge in [0.25, 0.3) is 5.91 Å². The molecule has 0 spiro atoms. The molecular weight excluding hydrogens is 282 g/mol. The molecule has 5 nitrogen and oxygen atoms in total. The monoisotopic (exact) mass is 307 g/mol. The maximum atomic E-state index is 11.9. The minimum Gasteiger partial charge on any atom is -0.484 e. The van der Waals surface area contributed by atoms with Crippen molar-refractivity contribution in [2.24, 2.45) is 0 Å².